The van der Waals surface area contributed by atoms with Crippen LogP contribution in [0.15, 0.2) is 48.6 Å². The molecule has 0 atom stereocenters. The number of aryl methyl sites for hydroxylation is 1. The fourth-order valence-corrected chi connectivity index (χ4v) is 3.77. The molecule has 8 heteroatoms. The quantitative estimate of drug-likeness (QED) is 0.374. The van der Waals surface area contributed by atoms with E-state index in [2.05, 4.69) is 40.6 Å². The monoisotopic (exact) mass is 480 g/mol. The number of amides is 2. The first-order valence-electron chi connectivity index (χ1n) is 12.6. The van der Waals surface area contributed by atoms with E-state index >= 15 is 0 Å². The number of aromatic nitrogens is 3. The molecule has 0 unspecified atom stereocenters. The molecule has 2 aromatic rings. The Morgan fingerprint density at radius 3 is 2.43 bits per heavy atom. The van der Waals surface area contributed by atoms with E-state index in [0.717, 1.165) is 26.1 Å². The summed E-state index contributed by atoms with van der Waals surface area (Å²) in [4.78, 5) is 35.8. The topological polar surface area (TPSA) is 106 Å². The van der Waals surface area contributed by atoms with Crippen LogP contribution in [0, 0.1) is 0 Å². The largest absolute Gasteiger partial charge is 0.364 e. The molecule has 1 fully saturated rings. The van der Waals surface area contributed by atoms with Crippen molar-refractivity contribution < 1.29 is 9.59 Å². The van der Waals surface area contributed by atoms with Crippen molar-refractivity contribution >= 4 is 28.9 Å². The first-order valence-corrected chi connectivity index (χ1v) is 12.6. The van der Waals surface area contributed by atoms with Crippen molar-refractivity contribution in [3.63, 3.8) is 0 Å². The Morgan fingerprint density at radius 2 is 1.83 bits per heavy atom. The molecule has 190 valence electrons. The molecule has 0 radical (unpaired) electrons. The molecular weight excluding hydrogens is 440 g/mol. The van der Waals surface area contributed by atoms with Gasteiger partial charge in [-0.2, -0.15) is 0 Å². The molecule has 1 aliphatic heterocycles. The van der Waals surface area contributed by atoms with Crippen molar-refractivity contribution in [2.75, 3.05) is 25.0 Å². The number of carbonyl (C=O) groups is 2. The highest BCUT2D eigenvalue weighted by Gasteiger charge is 2.18. The Bertz CT molecular complexity index is 1050. The number of nitrogens with two attached hydrogens (primary N) is 1. The normalized spacial score (nSPS) is 14.5. The maximum atomic E-state index is 12.8. The van der Waals surface area contributed by atoms with Crippen molar-refractivity contribution in [1.82, 2.24) is 19.4 Å². The fourth-order valence-electron chi connectivity index (χ4n) is 3.77. The second-order valence-electron chi connectivity index (χ2n) is 8.56. The number of carbonyl (C=O) groups excluding carboxylic acids is 2. The number of nitrogens with one attached hydrogen (secondary N) is 1. The van der Waals surface area contributed by atoms with Crippen LogP contribution in [0.2, 0.25) is 0 Å². The predicted molar refractivity (Wildman–Crippen MR) is 143 cm³/mol. The number of rotatable bonds is 10. The Labute approximate surface area is 209 Å². The highest BCUT2D eigenvalue weighted by atomic mass is 16.2. The van der Waals surface area contributed by atoms with Crippen molar-refractivity contribution in [1.29, 1.82) is 0 Å². The lowest BCUT2D eigenvalue weighted by Gasteiger charge is -2.26. The van der Waals surface area contributed by atoms with E-state index < -0.39 is 5.91 Å². The van der Waals surface area contributed by atoms with Crippen molar-refractivity contribution in [3.8, 4) is 0 Å². The van der Waals surface area contributed by atoms with Crippen molar-refractivity contribution in [2.24, 2.45) is 5.73 Å². The van der Waals surface area contributed by atoms with Gasteiger partial charge in [-0.05, 0) is 58.0 Å². The summed E-state index contributed by atoms with van der Waals surface area (Å²) in [5, 5.41) is 2.88. The third kappa shape index (κ3) is 8.47. The number of piperidine rings is 1. The highest BCUT2D eigenvalue weighted by Crippen LogP contribution is 2.20. The molecule has 0 aliphatic carbocycles. The van der Waals surface area contributed by atoms with Gasteiger partial charge in [-0.25, -0.2) is 9.97 Å². The molecule has 3 heterocycles. The summed E-state index contributed by atoms with van der Waals surface area (Å²) in [5.74, 6) is -0.495. The molecule has 3 N–H and O–H groups in total. The molecular formula is C27H40N6O2. The van der Waals surface area contributed by atoms with Crippen LogP contribution in [-0.2, 0) is 11.3 Å². The van der Waals surface area contributed by atoms with Crippen LogP contribution in [0.4, 0.5) is 5.95 Å². The summed E-state index contributed by atoms with van der Waals surface area (Å²) < 4.78 is 1.85. The van der Waals surface area contributed by atoms with Crippen LogP contribution in [-0.4, -0.2) is 50.9 Å². The van der Waals surface area contributed by atoms with E-state index in [-0.39, 0.29) is 11.6 Å². The number of nitrogens with zero attached hydrogens (tertiary/aromatic N) is 4. The van der Waals surface area contributed by atoms with Gasteiger partial charge in [0.2, 0.25) is 5.95 Å². The molecule has 2 amide bonds. The zero-order valence-electron chi connectivity index (χ0n) is 21.4. The van der Waals surface area contributed by atoms with Crippen LogP contribution in [0.3, 0.4) is 0 Å². The molecule has 35 heavy (non-hydrogen) atoms. The summed E-state index contributed by atoms with van der Waals surface area (Å²) in [7, 11) is 0. The lowest BCUT2D eigenvalue weighted by molar-refractivity contribution is -0.112. The third-order valence-corrected chi connectivity index (χ3v) is 5.78. The van der Waals surface area contributed by atoms with E-state index in [1.165, 1.54) is 32.1 Å². The summed E-state index contributed by atoms with van der Waals surface area (Å²) in [6.07, 6.45) is 14.0. The van der Waals surface area contributed by atoms with Gasteiger partial charge >= 0.3 is 0 Å². The average Bonchev–Trinajstić information content (AvgIpc) is 3.20. The molecule has 2 aromatic heterocycles. The molecule has 0 saturated carbocycles. The number of primary amides is 1. The van der Waals surface area contributed by atoms with Gasteiger partial charge in [0.1, 0.15) is 11.2 Å². The number of pyridine rings is 1. The first-order chi connectivity index (χ1) is 16.9. The van der Waals surface area contributed by atoms with Gasteiger partial charge in [-0.1, -0.05) is 64.0 Å². The number of hydrogen-bond acceptors (Lipinski definition) is 5. The minimum absolute atomic E-state index is 0.170. The van der Waals surface area contributed by atoms with Gasteiger partial charge in [0.25, 0.3) is 11.8 Å². The Hall–Kier alpha value is -3.26. The fraction of sp³-hybridized carbons (Fsp3) is 0.481. The number of hydrogen-bond donors (Lipinski definition) is 2. The summed E-state index contributed by atoms with van der Waals surface area (Å²) in [6.45, 7) is 13.7. The average molecular weight is 481 g/mol. The van der Waals surface area contributed by atoms with E-state index in [0.29, 0.717) is 29.2 Å². The highest BCUT2D eigenvalue weighted by molar-refractivity contribution is 6.05. The smallest absolute Gasteiger partial charge is 0.267 e. The maximum Gasteiger partial charge on any atom is 0.267 e. The van der Waals surface area contributed by atoms with Crippen molar-refractivity contribution in [3.05, 3.63) is 54.3 Å². The molecule has 0 bridgehead atoms. The van der Waals surface area contributed by atoms with E-state index in [1.54, 1.807) is 36.4 Å². The maximum absolute atomic E-state index is 12.8. The molecule has 0 aromatic carbocycles. The number of unbranched alkanes of at least 4 members (excludes halogenated alkanes) is 1. The third-order valence-electron chi connectivity index (χ3n) is 5.78. The van der Waals surface area contributed by atoms with Gasteiger partial charge in [-0.15, -0.1) is 0 Å². The Morgan fingerprint density at radius 1 is 1.11 bits per heavy atom. The van der Waals surface area contributed by atoms with Gasteiger partial charge < -0.3 is 10.6 Å². The predicted octanol–water partition coefficient (Wildman–Crippen LogP) is 4.84. The number of allylic oxidation sites excluding steroid dienone is 3. The second kappa shape index (κ2) is 14.9. The molecule has 1 saturated heterocycles. The molecule has 3 rings (SSSR count). The lowest BCUT2D eigenvalue weighted by Crippen LogP contribution is -2.31. The zero-order valence-corrected chi connectivity index (χ0v) is 21.4. The number of anilines is 1. The number of fused-ring (bicyclic) bond motifs is 1. The zero-order chi connectivity index (χ0) is 25.6. The molecule has 8 nitrogen and oxygen atoms in total. The second-order valence-corrected chi connectivity index (χ2v) is 8.56. The van der Waals surface area contributed by atoms with Gasteiger partial charge in [-0.3, -0.25) is 19.5 Å². The minimum Gasteiger partial charge on any atom is -0.364 e. The van der Waals surface area contributed by atoms with Crippen molar-refractivity contribution in [2.45, 2.75) is 65.8 Å². The van der Waals surface area contributed by atoms with Gasteiger partial charge in [0.05, 0.1) is 0 Å². The lowest BCUT2D eigenvalue weighted by atomic mass is 10.1. The van der Waals surface area contributed by atoms with Crippen LogP contribution < -0.4 is 11.1 Å². The SMILES string of the molecule is C=C/C=C(\C=C/C)C(=O)Nc1nc2ccc(C(N)=O)nc2n1CCCN1CCCCC1.CCCC. The Balaban J connectivity index is 0.00000100. The van der Waals surface area contributed by atoms with E-state index in [1.807, 2.05) is 11.5 Å². The van der Waals surface area contributed by atoms with Crippen LogP contribution in [0.25, 0.3) is 11.2 Å². The molecule has 0 spiro atoms. The standard InChI is InChI=1S/C23H30N6O2.C4H10/c1-3-9-17(10-4-2)22(31)27-23-26-19-12-11-18(20(24)30)25-21(19)29(23)16-8-15-28-13-6-5-7-14-28;1-3-4-2/h3-4,9-12H,1,5-8,13-16H2,2H3,(H2,24,30)(H,26,27,31);3-4H2,1-2H3/b10-4-,17-9+;. The molecule has 1 aliphatic rings. The Kier molecular flexibility index (Phi) is 11.9. The van der Waals surface area contributed by atoms with Crippen LogP contribution >= 0.6 is 0 Å². The van der Waals surface area contributed by atoms with E-state index in [9.17, 15) is 9.59 Å². The van der Waals surface area contributed by atoms with E-state index in [4.69, 9.17) is 5.73 Å². The first kappa shape index (κ1) is 28.0. The van der Waals surface area contributed by atoms with Crippen LogP contribution in [0.1, 0.15) is 69.8 Å². The summed E-state index contributed by atoms with van der Waals surface area (Å²) in [5.41, 5.74) is 7.18. The van der Waals surface area contributed by atoms with Gasteiger partial charge in [0.15, 0.2) is 5.65 Å². The van der Waals surface area contributed by atoms with Crippen LogP contribution in [0.5, 0.6) is 0 Å². The van der Waals surface area contributed by atoms with Gasteiger partial charge in [0, 0.05) is 12.1 Å². The minimum atomic E-state index is -0.599. The number of imidazole rings is 1. The summed E-state index contributed by atoms with van der Waals surface area (Å²) in [6, 6.07) is 3.25. The number of likely N-dealkylation sites (tertiary alicyclic amines) is 1. The summed E-state index contributed by atoms with van der Waals surface area (Å²) >= 11 is 0.